The number of hydrogen-bond donors (Lipinski definition) is 0. The third kappa shape index (κ3) is 3.13. The summed E-state index contributed by atoms with van der Waals surface area (Å²) in [5, 5.41) is 9.22. The smallest absolute Gasteiger partial charge is 0.131 e. The lowest BCUT2D eigenvalue weighted by molar-refractivity contribution is 0.624. The van der Waals surface area contributed by atoms with E-state index in [0.29, 0.717) is 17.1 Å². The van der Waals surface area contributed by atoms with Crippen LogP contribution in [0.1, 0.15) is 36.5 Å². The highest BCUT2D eigenvalue weighted by Gasteiger charge is 2.06. The quantitative estimate of drug-likeness (QED) is 0.565. The molecule has 100 valence electrons. The Bertz CT molecular complexity index is 661. The lowest BCUT2D eigenvalue weighted by Crippen LogP contribution is -1.89. The first-order valence-electron chi connectivity index (χ1n) is 6.58. The van der Waals surface area contributed by atoms with Gasteiger partial charge in [0, 0.05) is 5.56 Å². The lowest BCUT2D eigenvalue weighted by atomic mass is 9.99. The second-order valence-corrected chi connectivity index (χ2v) is 4.97. The van der Waals surface area contributed by atoms with Gasteiger partial charge in [0.05, 0.1) is 11.6 Å². The first-order valence-corrected chi connectivity index (χ1v) is 6.58. The molecule has 0 saturated heterocycles. The van der Waals surface area contributed by atoms with E-state index in [9.17, 15) is 9.65 Å². The molecule has 2 aromatic rings. The van der Waals surface area contributed by atoms with Crippen LogP contribution in [-0.4, -0.2) is 0 Å². The fourth-order valence-electron chi connectivity index (χ4n) is 1.99. The van der Waals surface area contributed by atoms with E-state index in [1.807, 2.05) is 24.3 Å². The van der Waals surface area contributed by atoms with E-state index in [4.69, 9.17) is 0 Å². The predicted octanol–water partition coefficient (Wildman–Crippen LogP) is 5.01. The van der Waals surface area contributed by atoms with Crippen LogP contribution in [0.15, 0.2) is 48.5 Å². The Morgan fingerprint density at radius 3 is 2.30 bits per heavy atom. The molecule has 0 spiro atoms. The fraction of sp³-hybridized carbons (Fsp3) is 0.167. The summed E-state index contributed by atoms with van der Waals surface area (Å²) < 4.78 is 13.7. The maximum atomic E-state index is 13.7. The number of rotatable bonds is 3. The van der Waals surface area contributed by atoms with E-state index in [-0.39, 0.29) is 5.82 Å². The zero-order chi connectivity index (χ0) is 14.5. The molecule has 0 aromatic heterocycles. The van der Waals surface area contributed by atoms with Gasteiger partial charge in [0.1, 0.15) is 5.82 Å². The van der Waals surface area contributed by atoms with Gasteiger partial charge in [-0.3, -0.25) is 0 Å². The van der Waals surface area contributed by atoms with Crippen molar-refractivity contribution in [3.05, 3.63) is 71.0 Å². The molecule has 0 unspecified atom stereocenters. The lowest BCUT2D eigenvalue weighted by Gasteiger charge is -2.05. The first kappa shape index (κ1) is 14.0. The minimum absolute atomic E-state index is 0.334. The molecule has 0 bridgehead atoms. The van der Waals surface area contributed by atoms with Gasteiger partial charge in [0.2, 0.25) is 0 Å². The third-order valence-electron chi connectivity index (χ3n) is 3.20. The van der Waals surface area contributed by atoms with E-state index in [1.54, 1.807) is 24.3 Å². The largest absolute Gasteiger partial charge is 0.206 e. The van der Waals surface area contributed by atoms with Gasteiger partial charge in [-0.15, -0.1) is 0 Å². The van der Waals surface area contributed by atoms with Crippen LogP contribution in [0.3, 0.4) is 0 Å². The summed E-state index contributed by atoms with van der Waals surface area (Å²) in [6.07, 6.45) is 1.71. The normalized spacial score (nSPS) is 11.4. The molecule has 0 N–H and O–H groups in total. The highest BCUT2D eigenvalue weighted by Crippen LogP contribution is 2.21. The van der Waals surface area contributed by atoms with Crippen LogP contribution in [0.2, 0.25) is 0 Å². The first-order chi connectivity index (χ1) is 9.61. The van der Waals surface area contributed by atoms with Crippen molar-refractivity contribution in [3.8, 4) is 6.07 Å². The molecule has 0 atom stereocenters. The molecule has 2 aromatic carbocycles. The molecule has 2 rings (SSSR count). The maximum Gasteiger partial charge on any atom is 0.131 e. The Kier molecular flexibility index (Phi) is 4.32. The number of nitrogens with zero attached hydrogens (tertiary/aromatic N) is 1. The summed E-state index contributed by atoms with van der Waals surface area (Å²) in [4.78, 5) is 0. The van der Waals surface area contributed by atoms with Crippen molar-refractivity contribution < 1.29 is 4.39 Å². The van der Waals surface area contributed by atoms with Crippen molar-refractivity contribution in [1.29, 1.82) is 5.26 Å². The van der Waals surface area contributed by atoms with E-state index < -0.39 is 0 Å². The maximum absolute atomic E-state index is 13.7. The van der Waals surface area contributed by atoms with Crippen molar-refractivity contribution in [3.63, 3.8) is 0 Å². The minimum atomic E-state index is -0.376. The van der Waals surface area contributed by atoms with Gasteiger partial charge in [-0.2, -0.15) is 5.26 Å². The monoisotopic (exact) mass is 265 g/mol. The highest BCUT2D eigenvalue weighted by molar-refractivity contribution is 5.89. The van der Waals surface area contributed by atoms with Crippen LogP contribution in [0.4, 0.5) is 4.39 Å². The summed E-state index contributed by atoms with van der Waals surface area (Å²) >= 11 is 0. The molecule has 0 amide bonds. The van der Waals surface area contributed by atoms with Crippen molar-refractivity contribution in [2.24, 2.45) is 0 Å². The molecule has 0 radical (unpaired) electrons. The van der Waals surface area contributed by atoms with Gasteiger partial charge in [0.15, 0.2) is 0 Å². The van der Waals surface area contributed by atoms with Gasteiger partial charge < -0.3 is 0 Å². The molecule has 0 fully saturated rings. The minimum Gasteiger partial charge on any atom is -0.206 e. The summed E-state index contributed by atoms with van der Waals surface area (Å²) in [6.45, 7) is 4.26. The Hall–Kier alpha value is -2.40. The second kappa shape index (κ2) is 6.16. The Balaban J connectivity index is 2.37. The van der Waals surface area contributed by atoms with Crippen LogP contribution in [0, 0.1) is 17.1 Å². The SMILES string of the molecule is CC(C)c1ccc(C=C(C#N)c2ccccc2F)cc1. The number of hydrogen-bond acceptors (Lipinski definition) is 1. The van der Waals surface area contributed by atoms with Crippen LogP contribution in [-0.2, 0) is 0 Å². The van der Waals surface area contributed by atoms with Crippen LogP contribution >= 0.6 is 0 Å². The zero-order valence-corrected chi connectivity index (χ0v) is 11.6. The summed E-state index contributed by atoms with van der Waals surface area (Å²) in [7, 11) is 0. The second-order valence-electron chi connectivity index (χ2n) is 4.97. The third-order valence-corrected chi connectivity index (χ3v) is 3.20. The molecule has 0 saturated carbocycles. The number of allylic oxidation sites excluding steroid dienone is 1. The van der Waals surface area contributed by atoms with Crippen molar-refractivity contribution in [2.45, 2.75) is 19.8 Å². The average molecular weight is 265 g/mol. The van der Waals surface area contributed by atoms with Gasteiger partial charge >= 0.3 is 0 Å². The molecule has 1 nitrogen and oxygen atoms in total. The molecule has 0 aliphatic rings. The Morgan fingerprint density at radius 1 is 1.10 bits per heavy atom. The Labute approximate surface area is 119 Å². The molecule has 20 heavy (non-hydrogen) atoms. The molecule has 0 aliphatic carbocycles. The molecular weight excluding hydrogens is 249 g/mol. The van der Waals surface area contributed by atoms with E-state index in [1.165, 1.54) is 11.6 Å². The van der Waals surface area contributed by atoms with Crippen molar-refractivity contribution >= 4 is 11.6 Å². The molecule has 2 heteroatoms. The van der Waals surface area contributed by atoms with Crippen molar-refractivity contribution in [2.75, 3.05) is 0 Å². The number of benzene rings is 2. The van der Waals surface area contributed by atoms with Crippen LogP contribution in [0.25, 0.3) is 11.6 Å². The van der Waals surface area contributed by atoms with Crippen molar-refractivity contribution in [1.82, 2.24) is 0 Å². The Morgan fingerprint density at radius 2 is 1.75 bits per heavy atom. The zero-order valence-electron chi connectivity index (χ0n) is 11.6. The van der Waals surface area contributed by atoms with Gasteiger partial charge in [-0.25, -0.2) is 4.39 Å². The van der Waals surface area contributed by atoms with E-state index >= 15 is 0 Å². The standard InChI is InChI=1S/C18H16FN/c1-13(2)15-9-7-14(8-10-15)11-16(12-20)17-5-3-4-6-18(17)19/h3-11,13H,1-2H3. The van der Waals surface area contributed by atoms with Crippen LogP contribution < -0.4 is 0 Å². The summed E-state index contributed by atoms with van der Waals surface area (Å²) in [5.74, 6) is 0.0918. The van der Waals surface area contributed by atoms with Gasteiger partial charge in [-0.1, -0.05) is 56.3 Å². The average Bonchev–Trinajstić information content (AvgIpc) is 2.46. The molecule has 0 aliphatic heterocycles. The van der Waals surface area contributed by atoms with Gasteiger partial charge in [0.25, 0.3) is 0 Å². The van der Waals surface area contributed by atoms with E-state index in [2.05, 4.69) is 19.9 Å². The summed E-state index contributed by atoms with van der Waals surface area (Å²) in [6, 6.07) is 16.4. The predicted molar refractivity (Wildman–Crippen MR) is 80.4 cm³/mol. The van der Waals surface area contributed by atoms with Gasteiger partial charge in [-0.05, 0) is 29.2 Å². The van der Waals surface area contributed by atoms with E-state index in [0.717, 1.165) is 5.56 Å². The number of halogens is 1. The molecular formula is C18H16FN. The highest BCUT2D eigenvalue weighted by atomic mass is 19.1. The topological polar surface area (TPSA) is 23.8 Å². The summed E-state index contributed by atoms with van der Waals surface area (Å²) in [5.41, 5.74) is 2.81. The number of nitriles is 1. The fourth-order valence-corrected chi connectivity index (χ4v) is 1.99. The van der Waals surface area contributed by atoms with Crippen LogP contribution in [0.5, 0.6) is 0 Å². The molecule has 0 heterocycles.